The van der Waals surface area contributed by atoms with E-state index >= 15 is 0 Å². The summed E-state index contributed by atoms with van der Waals surface area (Å²) in [6.07, 6.45) is 5.48. The van der Waals surface area contributed by atoms with E-state index in [4.69, 9.17) is 4.74 Å². The van der Waals surface area contributed by atoms with E-state index < -0.39 is 0 Å². The van der Waals surface area contributed by atoms with Gasteiger partial charge in [0, 0.05) is 55.2 Å². The summed E-state index contributed by atoms with van der Waals surface area (Å²) in [5.74, 6) is 0.0523. The molecule has 0 spiro atoms. The number of aromatic amines is 1. The number of carbonyl (C=O) groups is 2. The van der Waals surface area contributed by atoms with Crippen LogP contribution in [0.25, 0.3) is 11.6 Å². The maximum Gasteiger partial charge on any atom is 0.256 e. The molecule has 2 amide bonds. The van der Waals surface area contributed by atoms with Gasteiger partial charge in [0.15, 0.2) is 0 Å². The first-order valence-electron chi connectivity index (χ1n) is 10.6. The summed E-state index contributed by atoms with van der Waals surface area (Å²) in [5.41, 5.74) is 5.58. The van der Waals surface area contributed by atoms with Gasteiger partial charge in [-0.1, -0.05) is 6.07 Å². The third-order valence-electron chi connectivity index (χ3n) is 6.09. The van der Waals surface area contributed by atoms with Crippen molar-refractivity contribution in [2.45, 2.75) is 19.4 Å². The van der Waals surface area contributed by atoms with Gasteiger partial charge in [0.25, 0.3) is 5.91 Å². The Morgan fingerprint density at radius 2 is 1.97 bits per heavy atom. The molecule has 7 nitrogen and oxygen atoms in total. The number of aromatic nitrogens is 1. The first-order valence-corrected chi connectivity index (χ1v) is 10.6. The smallest absolute Gasteiger partial charge is 0.256 e. The summed E-state index contributed by atoms with van der Waals surface area (Å²) in [4.78, 5) is 30.2. The van der Waals surface area contributed by atoms with Crippen molar-refractivity contribution < 1.29 is 14.3 Å². The minimum atomic E-state index is -0.0925. The van der Waals surface area contributed by atoms with Gasteiger partial charge >= 0.3 is 0 Å². The van der Waals surface area contributed by atoms with Crippen molar-refractivity contribution in [3.8, 4) is 0 Å². The van der Waals surface area contributed by atoms with Crippen molar-refractivity contribution >= 4 is 41.6 Å². The molecule has 164 valence electrons. The van der Waals surface area contributed by atoms with Crippen LogP contribution in [0, 0.1) is 5.92 Å². The van der Waals surface area contributed by atoms with Crippen LogP contribution in [0.4, 0.5) is 5.69 Å². The Labute approximate surface area is 187 Å². The minimum absolute atomic E-state index is 0. The van der Waals surface area contributed by atoms with Gasteiger partial charge in [-0.25, -0.2) is 0 Å². The summed E-state index contributed by atoms with van der Waals surface area (Å²) < 4.78 is 5.41. The number of ether oxygens (including phenoxy) is 1. The van der Waals surface area contributed by atoms with E-state index in [0.29, 0.717) is 12.0 Å². The average molecular weight is 443 g/mol. The Balaban J connectivity index is 0.00000231. The Hall–Kier alpha value is -2.61. The van der Waals surface area contributed by atoms with E-state index in [1.165, 1.54) is 5.56 Å². The average Bonchev–Trinajstić information content (AvgIpc) is 3.44. The topological polar surface area (TPSA) is 86.5 Å². The number of rotatable bonds is 5. The number of halogens is 1. The maximum absolute atomic E-state index is 12.6. The molecule has 3 aliphatic heterocycles. The van der Waals surface area contributed by atoms with Gasteiger partial charge in [-0.3, -0.25) is 14.5 Å². The second-order valence-electron chi connectivity index (χ2n) is 8.22. The van der Waals surface area contributed by atoms with Crippen LogP contribution in [0.2, 0.25) is 0 Å². The van der Waals surface area contributed by atoms with Crippen LogP contribution in [0.1, 0.15) is 28.8 Å². The molecule has 3 N–H and O–H groups in total. The van der Waals surface area contributed by atoms with Gasteiger partial charge in [0.1, 0.15) is 0 Å². The van der Waals surface area contributed by atoms with Crippen LogP contribution in [-0.2, 0) is 27.3 Å². The number of anilines is 1. The van der Waals surface area contributed by atoms with Crippen molar-refractivity contribution in [1.29, 1.82) is 0 Å². The van der Waals surface area contributed by atoms with Crippen LogP contribution in [0.15, 0.2) is 30.5 Å². The summed E-state index contributed by atoms with van der Waals surface area (Å²) >= 11 is 0. The SMILES string of the molecule is Cl.O=C1Nc2ccc(CC3CCNC3=O)cc2C1=Cc1cc(CN2CCOCC2)c[nH]1. The standard InChI is InChI=1S/C23H26N4O3.ClH/c28-22-17(3-4-24-22)9-15-1-2-21-19(11-15)20(23(29)26-21)12-18-10-16(13-25-18)14-27-5-7-30-8-6-27;/h1-2,10-13,17,25H,3-9,14H2,(H,24,28)(H,26,29);1H. The third kappa shape index (κ3) is 4.69. The van der Waals surface area contributed by atoms with Gasteiger partial charge in [-0.15, -0.1) is 12.4 Å². The Morgan fingerprint density at radius 1 is 1.13 bits per heavy atom. The lowest BCUT2D eigenvalue weighted by Crippen LogP contribution is -2.35. The molecular formula is C23H27ClN4O3. The van der Waals surface area contributed by atoms with Crippen molar-refractivity contribution in [2.24, 2.45) is 5.92 Å². The number of hydrogen-bond donors (Lipinski definition) is 3. The number of fused-ring (bicyclic) bond motifs is 1. The zero-order chi connectivity index (χ0) is 20.5. The first-order chi connectivity index (χ1) is 14.7. The van der Waals surface area contributed by atoms with E-state index in [-0.39, 0.29) is 30.1 Å². The number of amides is 2. The quantitative estimate of drug-likeness (QED) is 0.621. The predicted octanol–water partition coefficient (Wildman–Crippen LogP) is 2.44. The molecule has 2 fully saturated rings. The van der Waals surface area contributed by atoms with Gasteiger partial charge in [0.2, 0.25) is 5.91 Å². The Bertz CT molecular complexity index is 1010. The fourth-order valence-corrected chi connectivity index (χ4v) is 4.44. The Morgan fingerprint density at radius 3 is 2.74 bits per heavy atom. The second kappa shape index (κ2) is 9.26. The summed E-state index contributed by atoms with van der Waals surface area (Å²) in [6.45, 7) is 5.07. The van der Waals surface area contributed by atoms with Crippen molar-refractivity contribution in [3.05, 3.63) is 52.8 Å². The maximum atomic E-state index is 12.6. The molecule has 0 radical (unpaired) electrons. The van der Waals surface area contributed by atoms with Gasteiger partial charge in [-0.2, -0.15) is 0 Å². The van der Waals surface area contributed by atoms with Crippen LogP contribution in [-0.4, -0.2) is 54.5 Å². The highest BCUT2D eigenvalue weighted by molar-refractivity contribution is 6.34. The minimum Gasteiger partial charge on any atom is -0.379 e. The van der Waals surface area contributed by atoms with Crippen molar-refractivity contribution in [2.75, 3.05) is 38.2 Å². The zero-order valence-corrected chi connectivity index (χ0v) is 18.1. The van der Waals surface area contributed by atoms with E-state index in [0.717, 1.165) is 68.3 Å². The second-order valence-corrected chi connectivity index (χ2v) is 8.22. The monoisotopic (exact) mass is 442 g/mol. The fourth-order valence-electron chi connectivity index (χ4n) is 4.44. The molecule has 1 aromatic heterocycles. The number of carbonyl (C=O) groups excluding carboxylic acids is 2. The number of morpholine rings is 1. The molecule has 1 aromatic carbocycles. The zero-order valence-electron chi connectivity index (χ0n) is 17.3. The van der Waals surface area contributed by atoms with E-state index in [2.05, 4.69) is 26.6 Å². The normalized spacial score (nSPS) is 22.2. The lowest BCUT2D eigenvalue weighted by molar-refractivity contribution is -0.122. The molecule has 8 heteroatoms. The molecule has 0 saturated carbocycles. The molecule has 3 aliphatic rings. The summed E-state index contributed by atoms with van der Waals surface area (Å²) in [6, 6.07) is 8.08. The molecule has 5 rings (SSSR count). The van der Waals surface area contributed by atoms with Crippen LogP contribution < -0.4 is 10.6 Å². The lowest BCUT2D eigenvalue weighted by Gasteiger charge is -2.25. The molecule has 0 bridgehead atoms. The number of benzene rings is 1. The van der Waals surface area contributed by atoms with Gasteiger partial charge in [-0.05, 0) is 48.2 Å². The summed E-state index contributed by atoms with van der Waals surface area (Å²) in [7, 11) is 0. The lowest BCUT2D eigenvalue weighted by atomic mass is 9.95. The highest BCUT2D eigenvalue weighted by Crippen LogP contribution is 2.34. The predicted molar refractivity (Wildman–Crippen MR) is 122 cm³/mol. The molecule has 0 aliphatic carbocycles. The van der Waals surface area contributed by atoms with Crippen molar-refractivity contribution in [1.82, 2.24) is 15.2 Å². The third-order valence-corrected chi connectivity index (χ3v) is 6.09. The summed E-state index contributed by atoms with van der Waals surface area (Å²) in [5, 5.41) is 5.84. The molecule has 4 heterocycles. The van der Waals surface area contributed by atoms with Crippen LogP contribution >= 0.6 is 12.4 Å². The van der Waals surface area contributed by atoms with E-state index in [1.807, 2.05) is 30.5 Å². The molecule has 1 unspecified atom stereocenters. The highest BCUT2D eigenvalue weighted by Gasteiger charge is 2.27. The Kier molecular flexibility index (Phi) is 6.46. The number of hydrogen-bond acceptors (Lipinski definition) is 4. The van der Waals surface area contributed by atoms with E-state index in [9.17, 15) is 9.59 Å². The molecule has 2 aromatic rings. The highest BCUT2D eigenvalue weighted by atomic mass is 35.5. The molecule has 1 atom stereocenters. The van der Waals surface area contributed by atoms with Crippen molar-refractivity contribution in [3.63, 3.8) is 0 Å². The fraction of sp³-hybridized carbons (Fsp3) is 0.391. The number of nitrogens with zero attached hydrogens (tertiary/aromatic N) is 1. The van der Waals surface area contributed by atoms with Gasteiger partial charge < -0.3 is 20.4 Å². The van der Waals surface area contributed by atoms with E-state index in [1.54, 1.807) is 0 Å². The number of nitrogens with one attached hydrogen (secondary N) is 3. The van der Waals surface area contributed by atoms with Crippen LogP contribution in [0.5, 0.6) is 0 Å². The largest absolute Gasteiger partial charge is 0.379 e. The number of H-pyrrole nitrogens is 1. The van der Waals surface area contributed by atoms with Gasteiger partial charge in [0.05, 0.1) is 18.8 Å². The van der Waals surface area contributed by atoms with Crippen LogP contribution in [0.3, 0.4) is 0 Å². The first kappa shape index (κ1) is 21.6. The molecule has 31 heavy (non-hydrogen) atoms. The molecule has 2 saturated heterocycles. The molecular weight excluding hydrogens is 416 g/mol.